The van der Waals surface area contributed by atoms with Gasteiger partial charge in [0, 0.05) is 33.9 Å². The number of benzene rings is 12. The molecule has 0 saturated heterocycles. The van der Waals surface area contributed by atoms with Crippen LogP contribution in [0.3, 0.4) is 0 Å². The van der Waals surface area contributed by atoms with Crippen LogP contribution < -0.4 is 53.7 Å². The number of pyridine rings is 2. The van der Waals surface area contributed by atoms with E-state index >= 15 is 0 Å². The summed E-state index contributed by atoms with van der Waals surface area (Å²) in [6.07, 6.45) is 2.81. The van der Waals surface area contributed by atoms with Crippen LogP contribution >= 0.6 is 15.8 Å². The Morgan fingerprint density at radius 1 is 0.225 bits per heavy atom. The van der Waals surface area contributed by atoms with Crippen LogP contribution in [-0.4, -0.2) is 16.1 Å². The second-order valence-corrected chi connectivity index (χ2v) is 24.7. The molecule has 6 heteroatoms. The van der Waals surface area contributed by atoms with Gasteiger partial charge in [-0.15, -0.1) is 0 Å². The smallest absolute Gasteiger partial charge is 0.251 e. The van der Waals surface area contributed by atoms with E-state index < -0.39 is 22.0 Å². The molecule has 0 aliphatic heterocycles. The molecule has 0 saturated carbocycles. The Morgan fingerprint density at radius 3 is 0.750 bits per heavy atom. The topological polar surface area (TPSA) is 25.8 Å². The number of para-hydroxylation sites is 2. The first-order valence-electron chi connectivity index (χ1n) is 27.1. The third-order valence-electron chi connectivity index (χ3n) is 15.2. The van der Waals surface area contributed by atoms with Gasteiger partial charge >= 0.3 is 17.1 Å². The molecule has 2 heterocycles. The molecule has 2 aromatic heterocycles. The third kappa shape index (κ3) is 11.1. The van der Waals surface area contributed by atoms with Gasteiger partial charge in [-0.3, -0.25) is 9.97 Å². The average Bonchev–Trinajstić information content (AvgIpc) is 3.57. The van der Waals surface area contributed by atoms with E-state index in [1.807, 2.05) is 12.4 Å². The van der Waals surface area contributed by atoms with Crippen LogP contribution in [0.4, 0.5) is 0 Å². The second-order valence-electron chi connectivity index (χ2n) is 19.8. The molecule has 14 aromatic rings. The Morgan fingerprint density at radius 2 is 0.463 bits per heavy atom. The summed E-state index contributed by atoms with van der Waals surface area (Å²) in [4.78, 5) is 9.81. The van der Waals surface area contributed by atoms with Gasteiger partial charge in [-0.05, 0) is 71.4 Å². The van der Waals surface area contributed by atoms with Crippen LogP contribution in [0.5, 0.6) is 0 Å². The summed E-state index contributed by atoms with van der Waals surface area (Å²) in [7, 11) is -2.27. The van der Waals surface area contributed by atoms with Crippen molar-refractivity contribution in [2.45, 2.75) is 0 Å². The van der Waals surface area contributed by atoms with Gasteiger partial charge in [-0.2, -0.15) is 21.9 Å². The zero-order valence-electron chi connectivity index (χ0n) is 44.1. The van der Waals surface area contributed by atoms with E-state index in [4.69, 9.17) is 9.97 Å². The molecule has 2 nitrogen and oxygen atoms in total. The van der Waals surface area contributed by atoms with Crippen LogP contribution in [0.25, 0.3) is 43.4 Å². The van der Waals surface area contributed by atoms with Crippen molar-refractivity contribution in [1.29, 1.82) is 0 Å². The number of nitrogens with zero attached hydrogens (tertiary/aromatic N) is 2. The van der Waals surface area contributed by atoms with Gasteiger partial charge in [0.25, 0.3) is 0 Å². The summed E-state index contributed by atoms with van der Waals surface area (Å²) < 4.78 is 0. The van der Waals surface area contributed by atoms with Crippen molar-refractivity contribution in [2.75, 3.05) is 0 Å². The fourth-order valence-electron chi connectivity index (χ4n) is 11.7. The molecule has 0 fully saturated rings. The van der Waals surface area contributed by atoms with E-state index in [1.165, 1.54) is 86.0 Å². The van der Waals surface area contributed by atoms with Crippen molar-refractivity contribution in [3.63, 3.8) is 0 Å². The van der Waals surface area contributed by atoms with Crippen molar-refractivity contribution in [3.8, 4) is 0 Å². The van der Waals surface area contributed by atoms with Crippen molar-refractivity contribution in [2.24, 2.45) is 0 Å². The van der Waals surface area contributed by atoms with Crippen LogP contribution in [-0.2, 0) is 17.1 Å². The van der Waals surface area contributed by atoms with Crippen molar-refractivity contribution >= 4 is 119 Å². The molecule has 0 aliphatic carbocycles. The van der Waals surface area contributed by atoms with E-state index in [2.05, 4.69) is 328 Å². The molecule has 0 atom stereocenters. The first-order valence-corrected chi connectivity index (χ1v) is 30.1. The van der Waals surface area contributed by atoms with Gasteiger partial charge in [0.2, 0.25) is 0 Å². The summed E-state index contributed by atoms with van der Waals surface area (Å²) in [6.45, 7) is 0. The Kier molecular flexibility index (Phi) is 17.0. The van der Waals surface area contributed by atoms with Gasteiger partial charge in [-0.1, -0.05) is 267 Å². The first kappa shape index (κ1) is 53.4. The molecule has 386 valence electrons. The van der Waals surface area contributed by atoms with E-state index in [-0.39, 0.29) is 17.1 Å². The van der Waals surface area contributed by atoms with Gasteiger partial charge in [0.1, 0.15) is 64.8 Å². The van der Waals surface area contributed by atoms with Crippen LogP contribution in [0.2, 0.25) is 0 Å². The molecule has 0 amide bonds. The van der Waals surface area contributed by atoms with E-state index in [0.717, 1.165) is 11.0 Å². The van der Waals surface area contributed by atoms with Gasteiger partial charge in [-0.25, -0.2) is 0 Å². The van der Waals surface area contributed by atoms with Gasteiger partial charge in [0.15, 0.2) is 0 Å². The Bertz CT molecular complexity index is 3800. The number of hydrogen-bond acceptors (Lipinski definition) is 2. The number of fused-ring (bicyclic) bond motifs is 6. The molecule has 80 heavy (non-hydrogen) atoms. The van der Waals surface area contributed by atoms with E-state index in [9.17, 15) is 0 Å². The Balaban J connectivity index is 0.000000126. The maximum Gasteiger partial charge on any atom is 1.00 e. The van der Waals surface area contributed by atoms with Crippen molar-refractivity contribution < 1.29 is 17.1 Å². The summed E-state index contributed by atoms with van der Waals surface area (Å²) in [5.41, 5.74) is 7.60. The number of hydrogen-bond donors (Lipinski definition) is 0. The predicted octanol–water partition coefficient (Wildman–Crippen LogP) is 12.8. The number of rotatable bonds is 10. The molecule has 0 spiro atoms. The van der Waals surface area contributed by atoms with E-state index in [0.29, 0.717) is 0 Å². The van der Waals surface area contributed by atoms with Crippen molar-refractivity contribution in [3.05, 3.63) is 340 Å². The quantitative estimate of drug-likeness (QED) is 0.0775. The zero-order valence-corrected chi connectivity index (χ0v) is 47.0. The molecular weight excluding hydrogens is 1050 g/mol. The molecule has 0 N–H and O–H groups in total. The SMILES string of the molecule is [Cu+].c1ccc([B-](c2ccccc2)(c2ccccc2)c2ccccc2)cc1.c1ccc([PH+](c2ccccc2)c2cccc3c2ncc2ccccc23)cc1.c1ccc([PH+](c2ccccc2)c2cccc3c2ncc2ccccc23)cc1. The standard InChI is InChI=1S/2C25H18NP.C24H20B.Cu/c2*1-3-11-20(12-4-1)27(21-13-5-2-6-14-21)24-17-9-16-23-22-15-8-7-10-19(22)18-26-25(23)24;1-5-13-21(14-6-1)25(22-15-7-2-8-16-22,23-17-9-3-10-18-23)24-19-11-4-12-20-24;/h2*1-18H;1-20H;/q;;-1;+1/p+2. The summed E-state index contributed by atoms with van der Waals surface area (Å²) >= 11 is 0. The molecule has 12 aromatic carbocycles. The molecular formula is C74H58BCuN2P2+2. The zero-order chi connectivity index (χ0) is 53.1. The van der Waals surface area contributed by atoms with Crippen LogP contribution in [0.1, 0.15) is 0 Å². The van der Waals surface area contributed by atoms with E-state index in [1.54, 1.807) is 0 Å². The largest absolute Gasteiger partial charge is 1.00 e. The first-order chi connectivity index (χ1) is 39.3. The minimum atomic E-state index is -1.22. The number of aromatic nitrogens is 2. The van der Waals surface area contributed by atoms with Crippen LogP contribution in [0, 0.1) is 0 Å². The Labute approximate surface area is 482 Å². The maximum absolute atomic E-state index is 4.91. The monoisotopic (exact) mass is 1110 g/mol. The van der Waals surface area contributed by atoms with Gasteiger partial charge < -0.3 is 0 Å². The summed E-state index contributed by atoms with van der Waals surface area (Å²) in [6, 6.07) is 117. The summed E-state index contributed by atoms with van der Waals surface area (Å²) in [5, 5.41) is 15.6. The normalized spacial score (nSPS) is 11.1. The van der Waals surface area contributed by atoms with Crippen LogP contribution in [0.15, 0.2) is 340 Å². The summed E-state index contributed by atoms with van der Waals surface area (Å²) in [5.74, 6) is 0. The predicted molar refractivity (Wildman–Crippen MR) is 349 cm³/mol. The van der Waals surface area contributed by atoms with Crippen molar-refractivity contribution in [1.82, 2.24) is 9.97 Å². The molecule has 0 bridgehead atoms. The molecule has 14 rings (SSSR count). The minimum Gasteiger partial charge on any atom is -0.251 e. The van der Waals surface area contributed by atoms with Gasteiger partial charge in [0.05, 0.1) is 0 Å². The fraction of sp³-hybridized carbons (Fsp3) is 0. The third-order valence-corrected chi connectivity index (χ3v) is 20.8. The second kappa shape index (κ2) is 25.5. The maximum atomic E-state index is 4.91. The molecule has 0 aliphatic rings. The average molecular weight is 1110 g/mol. The fourth-order valence-corrected chi connectivity index (χ4v) is 17.1. The Hall–Kier alpha value is -8.58. The minimum absolute atomic E-state index is 0. The molecule has 0 radical (unpaired) electrons. The molecule has 0 unspecified atom stereocenters.